The van der Waals surface area contributed by atoms with Crippen LogP contribution in [-0.4, -0.2) is 33.5 Å². The Morgan fingerprint density at radius 1 is 1.43 bits per heavy atom. The molecule has 3 rings (SSSR count). The van der Waals surface area contributed by atoms with Crippen molar-refractivity contribution in [3.05, 3.63) is 42.2 Å². The number of benzene rings is 1. The summed E-state index contributed by atoms with van der Waals surface area (Å²) < 4.78 is 1.77. The summed E-state index contributed by atoms with van der Waals surface area (Å²) in [6.07, 6.45) is 6.11. The maximum absolute atomic E-state index is 12.2. The van der Waals surface area contributed by atoms with Crippen molar-refractivity contribution in [3.63, 3.8) is 0 Å². The molecule has 110 valence electrons. The van der Waals surface area contributed by atoms with Gasteiger partial charge in [-0.15, -0.1) is 5.10 Å². The summed E-state index contributed by atoms with van der Waals surface area (Å²) in [5, 5.41) is 13.9. The van der Waals surface area contributed by atoms with E-state index in [9.17, 15) is 4.79 Å². The first kappa shape index (κ1) is 13.6. The molecular formula is C15H19N5O. The van der Waals surface area contributed by atoms with Gasteiger partial charge in [0.2, 0.25) is 5.91 Å². The number of hydrogen-bond donors (Lipinski definition) is 2. The quantitative estimate of drug-likeness (QED) is 0.810. The molecule has 1 aromatic carbocycles. The van der Waals surface area contributed by atoms with Crippen LogP contribution in [-0.2, 0) is 17.8 Å². The van der Waals surface area contributed by atoms with Gasteiger partial charge in [-0.2, -0.15) is 0 Å². The normalized spacial score (nSPS) is 16.9. The fourth-order valence-corrected chi connectivity index (χ4v) is 2.56. The van der Waals surface area contributed by atoms with E-state index in [0.717, 1.165) is 31.5 Å². The summed E-state index contributed by atoms with van der Waals surface area (Å²) in [5.74, 6) is 0.0723. The lowest BCUT2D eigenvalue weighted by molar-refractivity contribution is -0.122. The molecule has 0 radical (unpaired) electrons. The number of carbonyl (C=O) groups is 1. The molecule has 0 aliphatic carbocycles. The van der Waals surface area contributed by atoms with Crippen LogP contribution >= 0.6 is 0 Å². The van der Waals surface area contributed by atoms with E-state index < -0.39 is 0 Å². The van der Waals surface area contributed by atoms with E-state index in [1.807, 2.05) is 24.4 Å². The third-order valence-electron chi connectivity index (χ3n) is 3.70. The summed E-state index contributed by atoms with van der Waals surface area (Å²) in [7, 11) is 0. The Morgan fingerprint density at radius 2 is 2.33 bits per heavy atom. The summed E-state index contributed by atoms with van der Waals surface area (Å²) in [5.41, 5.74) is 2.36. The van der Waals surface area contributed by atoms with E-state index in [1.165, 1.54) is 5.56 Å². The molecule has 0 saturated carbocycles. The van der Waals surface area contributed by atoms with E-state index in [0.29, 0.717) is 6.54 Å². The minimum atomic E-state index is -0.133. The second-order valence-electron chi connectivity index (χ2n) is 5.20. The number of nitrogens with zero attached hydrogens (tertiary/aromatic N) is 3. The molecule has 1 atom stereocenters. The van der Waals surface area contributed by atoms with Crippen molar-refractivity contribution in [1.29, 1.82) is 0 Å². The van der Waals surface area contributed by atoms with Gasteiger partial charge >= 0.3 is 0 Å². The van der Waals surface area contributed by atoms with Gasteiger partial charge in [-0.3, -0.25) is 9.48 Å². The Labute approximate surface area is 123 Å². The maximum atomic E-state index is 12.2. The average Bonchev–Trinajstić information content (AvgIpc) is 3.04. The summed E-state index contributed by atoms with van der Waals surface area (Å²) in [6.45, 7) is 1.42. The number of aryl methyl sites for hydroxylation is 2. The summed E-state index contributed by atoms with van der Waals surface area (Å²) in [4.78, 5) is 12.2. The van der Waals surface area contributed by atoms with Gasteiger partial charge < -0.3 is 10.6 Å². The Morgan fingerprint density at radius 3 is 3.19 bits per heavy atom. The van der Waals surface area contributed by atoms with Gasteiger partial charge in [-0.05, 0) is 30.9 Å². The highest BCUT2D eigenvalue weighted by Crippen LogP contribution is 2.24. The Balaban J connectivity index is 1.44. The number of carbonyl (C=O) groups excluding carboxylic acids is 1. The third-order valence-corrected chi connectivity index (χ3v) is 3.70. The molecule has 1 unspecified atom stereocenters. The monoisotopic (exact) mass is 285 g/mol. The number of amides is 1. The molecule has 1 amide bonds. The van der Waals surface area contributed by atoms with Crippen molar-refractivity contribution < 1.29 is 4.79 Å². The highest BCUT2D eigenvalue weighted by atomic mass is 16.2. The van der Waals surface area contributed by atoms with Gasteiger partial charge in [0.1, 0.15) is 6.04 Å². The van der Waals surface area contributed by atoms with Crippen molar-refractivity contribution >= 4 is 11.6 Å². The van der Waals surface area contributed by atoms with Crippen molar-refractivity contribution in [3.8, 4) is 0 Å². The molecule has 1 aliphatic heterocycles. The molecule has 6 nitrogen and oxygen atoms in total. The molecule has 0 spiro atoms. The fraction of sp³-hybridized carbons (Fsp3) is 0.400. The van der Waals surface area contributed by atoms with Crippen LogP contribution < -0.4 is 10.6 Å². The molecule has 0 saturated heterocycles. The zero-order valence-corrected chi connectivity index (χ0v) is 11.8. The molecule has 2 aromatic rings. The molecule has 0 bridgehead atoms. The smallest absolute Gasteiger partial charge is 0.242 e. The van der Waals surface area contributed by atoms with E-state index in [2.05, 4.69) is 27.0 Å². The first-order valence-electron chi connectivity index (χ1n) is 7.29. The lowest BCUT2D eigenvalue weighted by atomic mass is 9.98. The fourth-order valence-electron chi connectivity index (χ4n) is 2.56. The first-order valence-corrected chi connectivity index (χ1v) is 7.29. The van der Waals surface area contributed by atoms with Crippen LogP contribution in [0.15, 0.2) is 36.7 Å². The highest BCUT2D eigenvalue weighted by Gasteiger charge is 2.22. The number of aromatic nitrogens is 3. The summed E-state index contributed by atoms with van der Waals surface area (Å²) in [6, 6.07) is 8.02. The standard InChI is InChI=1S/C15H19N5O/c21-15(16-8-3-10-20-11-9-17-19-20)14-7-6-12-4-1-2-5-13(12)18-14/h1-2,4-5,9,11,14,18H,3,6-8,10H2,(H,16,21). The molecule has 2 heterocycles. The van der Waals surface area contributed by atoms with Crippen molar-refractivity contribution in [2.75, 3.05) is 11.9 Å². The molecular weight excluding hydrogens is 266 g/mol. The van der Waals surface area contributed by atoms with Crippen LogP contribution in [0, 0.1) is 0 Å². The van der Waals surface area contributed by atoms with Crippen molar-refractivity contribution in [2.24, 2.45) is 0 Å². The molecule has 1 aliphatic rings. The third kappa shape index (κ3) is 3.39. The van der Waals surface area contributed by atoms with E-state index in [-0.39, 0.29) is 11.9 Å². The molecule has 1 aromatic heterocycles. The zero-order valence-electron chi connectivity index (χ0n) is 11.8. The average molecular weight is 285 g/mol. The van der Waals surface area contributed by atoms with Crippen LogP contribution in [0.1, 0.15) is 18.4 Å². The number of anilines is 1. The number of rotatable bonds is 5. The Bertz CT molecular complexity index is 596. The lowest BCUT2D eigenvalue weighted by Gasteiger charge is -2.26. The van der Waals surface area contributed by atoms with Crippen molar-refractivity contribution in [1.82, 2.24) is 20.3 Å². The van der Waals surface area contributed by atoms with Gasteiger partial charge in [0.25, 0.3) is 0 Å². The molecule has 21 heavy (non-hydrogen) atoms. The van der Waals surface area contributed by atoms with Gasteiger partial charge in [-0.1, -0.05) is 23.4 Å². The number of para-hydroxylation sites is 1. The lowest BCUT2D eigenvalue weighted by Crippen LogP contribution is -2.42. The summed E-state index contributed by atoms with van der Waals surface area (Å²) >= 11 is 0. The van der Waals surface area contributed by atoms with E-state index >= 15 is 0 Å². The van der Waals surface area contributed by atoms with Crippen LogP contribution in [0.2, 0.25) is 0 Å². The van der Waals surface area contributed by atoms with E-state index in [4.69, 9.17) is 0 Å². The molecule has 6 heteroatoms. The Kier molecular flexibility index (Phi) is 4.14. The minimum Gasteiger partial charge on any atom is -0.373 e. The van der Waals surface area contributed by atoms with Crippen LogP contribution in [0.4, 0.5) is 5.69 Å². The minimum absolute atomic E-state index is 0.0723. The van der Waals surface area contributed by atoms with Gasteiger partial charge in [0.05, 0.1) is 6.20 Å². The van der Waals surface area contributed by atoms with Crippen molar-refractivity contribution in [2.45, 2.75) is 31.8 Å². The Hall–Kier alpha value is -2.37. The largest absolute Gasteiger partial charge is 0.373 e. The zero-order chi connectivity index (χ0) is 14.5. The predicted molar refractivity (Wildman–Crippen MR) is 79.8 cm³/mol. The highest BCUT2D eigenvalue weighted by molar-refractivity contribution is 5.85. The topological polar surface area (TPSA) is 71.8 Å². The van der Waals surface area contributed by atoms with E-state index in [1.54, 1.807) is 10.9 Å². The molecule has 2 N–H and O–H groups in total. The number of nitrogens with one attached hydrogen (secondary N) is 2. The second-order valence-corrected chi connectivity index (χ2v) is 5.20. The van der Waals surface area contributed by atoms with Gasteiger partial charge in [-0.25, -0.2) is 0 Å². The maximum Gasteiger partial charge on any atom is 0.242 e. The van der Waals surface area contributed by atoms with Crippen LogP contribution in [0.3, 0.4) is 0 Å². The van der Waals surface area contributed by atoms with Crippen LogP contribution in [0.5, 0.6) is 0 Å². The SMILES string of the molecule is O=C(NCCCn1ccnn1)C1CCc2ccccc2N1. The number of fused-ring (bicyclic) bond motifs is 1. The first-order chi connectivity index (χ1) is 10.3. The molecule has 0 fully saturated rings. The van der Waals surface area contributed by atoms with Gasteiger partial charge in [0.15, 0.2) is 0 Å². The number of hydrogen-bond acceptors (Lipinski definition) is 4. The predicted octanol–water partition coefficient (Wildman–Crippen LogP) is 1.21. The second kappa shape index (κ2) is 6.39. The van der Waals surface area contributed by atoms with Crippen LogP contribution in [0.25, 0.3) is 0 Å². The van der Waals surface area contributed by atoms with Gasteiger partial charge in [0, 0.05) is 25.0 Å².